The summed E-state index contributed by atoms with van der Waals surface area (Å²) in [5.74, 6) is 0.272. The Hall–Kier alpha value is -1.66. The van der Waals surface area contributed by atoms with Gasteiger partial charge in [-0.15, -0.1) is 0 Å². The van der Waals surface area contributed by atoms with E-state index in [4.69, 9.17) is 4.74 Å². The number of hydrogen-bond donors (Lipinski definition) is 1. The average molecular weight is 440 g/mol. The largest absolute Gasteiger partial charge is 0.481 e. The van der Waals surface area contributed by atoms with Gasteiger partial charge in [-0.3, -0.25) is 4.79 Å². The van der Waals surface area contributed by atoms with E-state index in [9.17, 15) is 4.79 Å². The van der Waals surface area contributed by atoms with Crippen molar-refractivity contribution >= 4 is 43.5 Å². The van der Waals surface area contributed by atoms with Gasteiger partial charge in [-0.25, -0.2) is 5.43 Å². The van der Waals surface area contributed by atoms with E-state index in [0.717, 1.165) is 25.8 Å². The van der Waals surface area contributed by atoms with Gasteiger partial charge in [-0.2, -0.15) is 5.10 Å². The van der Waals surface area contributed by atoms with E-state index in [2.05, 4.69) is 42.4 Å². The number of benzene rings is 2. The molecule has 0 radical (unpaired) electrons. The molecule has 0 bridgehead atoms. The van der Waals surface area contributed by atoms with Crippen molar-refractivity contribution in [2.24, 2.45) is 5.10 Å². The molecule has 2 aromatic carbocycles. The zero-order valence-corrected chi connectivity index (χ0v) is 15.9. The van der Waals surface area contributed by atoms with E-state index in [0.29, 0.717) is 5.75 Å². The van der Waals surface area contributed by atoms with E-state index in [1.807, 2.05) is 56.3 Å². The summed E-state index contributed by atoms with van der Waals surface area (Å²) in [5, 5.41) is 4.08. The van der Waals surface area contributed by atoms with Crippen LogP contribution >= 0.6 is 31.9 Å². The van der Waals surface area contributed by atoms with Crippen LogP contribution < -0.4 is 10.2 Å². The predicted octanol–water partition coefficient (Wildman–Crippen LogP) is 4.44. The van der Waals surface area contributed by atoms with Crippen LogP contribution in [-0.2, 0) is 4.79 Å². The third kappa shape index (κ3) is 5.18. The first-order valence-corrected chi connectivity index (χ1v) is 8.53. The van der Waals surface area contributed by atoms with Gasteiger partial charge in [0.2, 0.25) is 0 Å². The average Bonchev–Trinajstić information content (AvgIpc) is 2.52. The third-order valence-electron chi connectivity index (χ3n) is 3.03. The second-order valence-electron chi connectivity index (χ2n) is 4.94. The van der Waals surface area contributed by atoms with E-state index in [1.54, 1.807) is 0 Å². The maximum atomic E-state index is 11.9. The topological polar surface area (TPSA) is 50.7 Å². The minimum Gasteiger partial charge on any atom is -0.481 e. The van der Waals surface area contributed by atoms with Gasteiger partial charge in [-0.05, 0) is 69.0 Å². The number of rotatable bonds is 5. The summed E-state index contributed by atoms with van der Waals surface area (Å²) >= 11 is 6.85. The number of hydrogen-bond acceptors (Lipinski definition) is 3. The molecule has 0 fully saturated rings. The normalized spacial score (nSPS) is 11.2. The van der Waals surface area contributed by atoms with Crippen LogP contribution in [0.3, 0.4) is 0 Å². The summed E-state index contributed by atoms with van der Waals surface area (Å²) in [4.78, 5) is 11.9. The van der Waals surface area contributed by atoms with Crippen LogP contribution in [0.5, 0.6) is 5.75 Å². The monoisotopic (exact) mass is 438 g/mol. The van der Waals surface area contributed by atoms with E-state index < -0.39 is 0 Å². The SMILES string of the molecule is CC(=NNC(=O)COc1c(Br)cc(C)cc1Br)c1ccccc1. The molecule has 2 rings (SSSR count). The molecule has 1 amide bonds. The summed E-state index contributed by atoms with van der Waals surface area (Å²) < 4.78 is 7.13. The highest BCUT2D eigenvalue weighted by Crippen LogP contribution is 2.34. The molecule has 0 aliphatic carbocycles. The molecule has 2 aromatic rings. The highest BCUT2D eigenvalue weighted by Gasteiger charge is 2.10. The van der Waals surface area contributed by atoms with Gasteiger partial charge in [0.25, 0.3) is 5.91 Å². The van der Waals surface area contributed by atoms with Crippen molar-refractivity contribution in [2.45, 2.75) is 13.8 Å². The van der Waals surface area contributed by atoms with E-state index >= 15 is 0 Å². The van der Waals surface area contributed by atoms with Crippen LogP contribution in [0.15, 0.2) is 56.5 Å². The Kier molecular flexibility index (Phi) is 6.36. The maximum Gasteiger partial charge on any atom is 0.277 e. The first-order valence-electron chi connectivity index (χ1n) is 6.94. The fraction of sp³-hybridized carbons (Fsp3) is 0.176. The first-order chi connectivity index (χ1) is 11.0. The smallest absolute Gasteiger partial charge is 0.277 e. The van der Waals surface area contributed by atoms with Crippen molar-refractivity contribution in [3.8, 4) is 5.75 Å². The number of carbonyl (C=O) groups excluding carboxylic acids is 1. The number of ether oxygens (including phenoxy) is 1. The lowest BCUT2D eigenvalue weighted by Crippen LogP contribution is -2.25. The van der Waals surface area contributed by atoms with Gasteiger partial charge in [0.15, 0.2) is 6.61 Å². The van der Waals surface area contributed by atoms with Crippen molar-refractivity contribution < 1.29 is 9.53 Å². The molecule has 0 aliphatic heterocycles. The molecule has 0 spiro atoms. The fourth-order valence-electron chi connectivity index (χ4n) is 1.88. The minimum atomic E-state index is -0.320. The zero-order valence-electron chi connectivity index (χ0n) is 12.8. The number of amides is 1. The van der Waals surface area contributed by atoms with Gasteiger partial charge in [0.1, 0.15) is 5.75 Å². The molecule has 0 unspecified atom stereocenters. The number of nitrogens with one attached hydrogen (secondary N) is 1. The van der Waals surface area contributed by atoms with Gasteiger partial charge in [-0.1, -0.05) is 30.3 Å². The van der Waals surface area contributed by atoms with Gasteiger partial charge in [0, 0.05) is 0 Å². The highest BCUT2D eigenvalue weighted by molar-refractivity contribution is 9.11. The molecule has 0 heterocycles. The molecular formula is C17H16Br2N2O2. The maximum absolute atomic E-state index is 11.9. The molecule has 0 aliphatic rings. The van der Waals surface area contributed by atoms with Crippen LogP contribution in [0.1, 0.15) is 18.1 Å². The Morgan fingerprint density at radius 2 is 1.78 bits per heavy atom. The molecule has 23 heavy (non-hydrogen) atoms. The van der Waals surface area contributed by atoms with Crippen molar-refractivity contribution in [1.82, 2.24) is 5.43 Å². The van der Waals surface area contributed by atoms with Crippen LogP contribution in [0.25, 0.3) is 0 Å². The number of halogens is 2. The standard InChI is InChI=1S/C17H16Br2N2O2/c1-11-8-14(18)17(15(19)9-11)23-10-16(22)21-20-12(2)13-6-4-3-5-7-13/h3-9H,10H2,1-2H3,(H,21,22). The summed E-state index contributed by atoms with van der Waals surface area (Å²) in [6.45, 7) is 3.70. The molecule has 0 saturated heterocycles. The highest BCUT2D eigenvalue weighted by atomic mass is 79.9. The Bertz CT molecular complexity index is 708. The summed E-state index contributed by atoms with van der Waals surface area (Å²) in [6.07, 6.45) is 0. The first kappa shape index (κ1) is 17.7. The lowest BCUT2D eigenvalue weighted by molar-refractivity contribution is -0.123. The molecule has 120 valence electrons. The molecule has 4 nitrogen and oxygen atoms in total. The zero-order chi connectivity index (χ0) is 16.8. The molecule has 1 N–H and O–H groups in total. The van der Waals surface area contributed by atoms with Crippen LogP contribution in [0, 0.1) is 6.92 Å². The molecular weight excluding hydrogens is 424 g/mol. The van der Waals surface area contributed by atoms with Crippen LogP contribution in [-0.4, -0.2) is 18.2 Å². The summed E-state index contributed by atoms with van der Waals surface area (Å²) in [7, 11) is 0. The van der Waals surface area contributed by atoms with Crippen molar-refractivity contribution in [3.63, 3.8) is 0 Å². The Balaban J connectivity index is 1.94. The lowest BCUT2D eigenvalue weighted by atomic mass is 10.1. The van der Waals surface area contributed by atoms with Crippen molar-refractivity contribution in [1.29, 1.82) is 0 Å². The molecule has 0 atom stereocenters. The number of aryl methyl sites for hydroxylation is 1. The lowest BCUT2D eigenvalue weighted by Gasteiger charge is -2.10. The Morgan fingerprint density at radius 3 is 2.39 bits per heavy atom. The Morgan fingerprint density at radius 1 is 1.17 bits per heavy atom. The Labute approximate surface area is 152 Å². The van der Waals surface area contributed by atoms with Gasteiger partial charge < -0.3 is 4.74 Å². The van der Waals surface area contributed by atoms with E-state index in [1.165, 1.54) is 0 Å². The quantitative estimate of drug-likeness (QED) is 0.553. The summed E-state index contributed by atoms with van der Waals surface area (Å²) in [5.41, 5.74) is 5.27. The number of hydrazone groups is 1. The minimum absolute atomic E-state index is 0.119. The van der Waals surface area contributed by atoms with E-state index in [-0.39, 0.29) is 12.5 Å². The number of carbonyl (C=O) groups is 1. The van der Waals surface area contributed by atoms with Gasteiger partial charge in [0.05, 0.1) is 14.7 Å². The van der Waals surface area contributed by atoms with Crippen LogP contribution in [0.2, 0.25) is 0 Å². The summed E-state index contributed by atoms with van der Waals surface area (Å²) in [6, 6.07) is 13.5. The number of nitrogens with zero attached hydrogens (tertiary/aromatic N) is 1. The van der Waals surface area contributed by atoms with Gasteiger partial charge >= 0.3 is 0 Å². The molecule has 6 heteroatoms. The molecule has 0 aromatic heterocycles. The predicted molar refractivity (Wildman–Crippen MR) is 98.9 cm³/mol. The van der Waals surface area contributed by atoms with Crippen molar-refractivity contribution in [2.75, 3.05) is 6.61 Å². The second-order valence-corrected chi connectivity index (χ2v) is 6.65. The second kappa shape index (κ2) is 8.26. The van der Waals surface area contributed by atoms with Crippen LogP contribution in [0.4, 0.5) is 0 Å². The fourth-order valence-corrected chi connectivity index (χ4v) is 3.53. The molecule has 0 saturated carbocycles. The van der Waals surface area contributed by atoms with Crippen molar-refractivity contribution in [3.05, 3.63) is 62.5 Å². The third-order valence-corrected chi connectivity index (χ3v) is 4.21.